The van der Waals surface area contributed by atoms with Crippen LogP contribution in [0.4, 0.5) is 4.79 Å². The largest absolute Gasteiger partial charge is 0.338 e. The number of carbonyl (C=O) groups is 3. The van der Waals surface area contributed by atoms with Gasteiger partial charge in [0.25, 0.3) is 5.91 Å². The Morgan fingerprint density at radius 3 is 2.64 bits per heavy atom. The number of hydrogen-bond donors (Lipinski definition) is 1. The quantitative estimate of drug-likeness (QED) is 0.889. The number of urea groups is 1. The van der Waals surface area contributed by atoms with Crippen LogP contribution in [-0.2, 0) is 11.3 Å². The van der Waals surface area contributed by atoms with E-state index < -0.39 is 0 Å². The van der Waals surface area contributed by atoms with Crippen molar-refractivity contribution >= 4 is 17.7 Å². The van der Waals surface area contributed by atoms with Crippen molar-refractivity contribution in [3.05, 3.63) is 29.6 Å². The fraction of sp³-hybridized carbons (Fsp3) is 0.467. The van der Waals surface area contributed by atoms with E-state index in [2.05, 4.69) is 10.3 Å². The number of amides is 3. The summed E-state index contributed by atoms with van der Waals surface area (Å²) in [5.41, 5.74) is 1.15. The van der Waals surface area contributed by atoms with Crippen molar-refractivity contribution < 1.29 is 14.4 Å². The maximum absolute atomic E-state index is 12.4. The Morgan fingerprint density at radius 1 is 1.32 bits per heavy atom. The summed E-state index contributed by atoms with van der Waals surface area (Å²) >= 11 is 0. The van der Waals surface area contributed by atoms with Crippen molar-refractivity contribution in [2.75, 3.05) is 27.2 Å². The third-order valence-electron chi connectivity index (χ3n) is 3.50. The Kier molecular flexibility index (Phi) is 5.08. The molecule has 0 unspecified atom stereocenters. The number of carbonyl (C=O) groups excluding carboxylic acids is 3. The van der Waals surface area contributed by atoms with Crippen molar-refractivity contribution in [2.24, 2.45) is 0 Å². The van der Waals surface area contributed by atoms with Crippen molar-refractivity contribution in [2.45, 2.75) is 19.4 Å². The van der Waals surface area contributed by atoms with E-state index in [1.165, 1.54) is 4.90 Å². The summed E-state index contributed by atoms with van der Waals surface area (Å²) in [6.45, 7) is 1.19. The summed E-state index contributed by atoms with van der Waals surface area (Å²) in [4.78, 5) is 42.4. The van der Waals surface area contributed by atoms with Gasteiger partial charge in [-0.15, -0.1) is 0 Å². The second kappa shape index (κ2) is 7.02. The predicted octanol–water partition coefficient (Wildman–Crippen LogP) is 0.658. The first-order chi connectivity index (χ1) is 10.5. The second-order valence-corrected chi connectivity index (χ2v) is 5.42. The lowest BCUT2D eigenvalue weighted by atomic mass is 10.1. The average Bonchev–Trinajstić information content (AvgIpc) is 2.52. The van der Waals surface area contributed by atoms with Crippen LogP contribution in [0.1, 0.15) is 28.9 Å². The molecular weight excluding hydrogens is 284 g/mol. The van der Waals surface area contributed by atoms with Gasteiger partial charge in [-0.3, -0.25) is 14.6 Å². The standard InChI is InChI=1S/C15H20N4O3/c1-18(2)15(22)17-10-12-9-11(3-6-16-12)14(21)19-7-4-13(20)5-8-19/h3,6,9H,4-5,7-8,10H2,1-2H3,(H,17,22). The smallest absolute Gasteiger partial charge is 0.317 e. The van der Waals surface area contributed by atoms with Gasteiger partial charge in [-0.2, -0.15) is 0 Å². The van der Waals surface area contributed by atoms with Gasteiger partial charge >= 0.3 is 6.03 Å². The molecular formula is C15H20N4O3. The van der Waals surface area contributed by atoms with Crippen molar-refractivity contribution in [3.63, 3.8) is 0 Å². The van der Waals surface area contributed by atoms with Crippen molar-refractivity contribution in [1.29, 1.82) is 0 Å². The van der Waals surface area contributed by atoms with Gasteiger partial charge in [0.15, 0.2) is 0 Å². The molecule has 0 aromatic carbocycles. The molecule has 2 rings (SSSR count). The molecule has 0 atom stereocenters. The van der Waals surface area contributed by atoms with E-state index in [1.807, 2.05) is 0 Å². The van der Waals surface area contributed by atoms with E-state index in [0.717, 1.165) is 0 Å². The van der Waals surface area contributed by atoms with Crippen LogP contribution in [0.25, 0.3) is 0 Å². The maximum Gasteiger partial charge on any atom is 0.317 e. The summed E-state index contributed by atoms with van der Waals surface area (Å²) in [5.74, 6) is 0.0981. The van der Waals surface area contributed by atoms with Crippen LogP contribution in [0.5, 0.6) is 0 Å². The molecule has 7 nitrogen and oxygen atoms in total. The Hall–Kier alpha value is -2.44. The van der Waals surface area contributed by atoms with E-state index >= 15 is 0 Å². The van der Waals surface area contributed by atoms with E-state index in [0.29, 0.717) is 37.2 Å². The van der Waals surface area contributed by atoms with Gasteiger partial charge in [-0.25, -0.2) is 4.79 Å². The summed E-state index contributed by atoms with van der Waals surface area (Å²) in [6, 6.07) is 3.11. The number of pyridine rings is 1. The van der Waals surface area contributed by atoms with Crippen LogP contribution in [0, 0.1) is 0 Å². The molecule has 7 heteroatoms. The average molecular weight is 304 g/mol. The lowest BCUT2D eigenvalue weighted by Crippen LogP contribution is -2.38. The van der Waals surface area contributed by atoms with Gasteiger partial charge in [-0.1, -0.05) is 0 Å². The third kappa shape index (κ3) is 4.03. The molecule has 1 fully saturated rings. The number of nitrogens with one attached hydrogen (secondary N) is 1. The van der Waals surface area contributed by atoms with Crippen LogP contribution in [-0.4, -0.2) is 59.7 Å². The Morgan fingerprint density at radius 2 is 2.00 bits per heavy atom. The van der Waals surface area contributed by atoms with Gasteiger partial charge in [0.05, 0.1) is 12.2 Å². The highest BCUT2D eigenvalue weighted by Gasteiger charge is 2.22. The third-order valence-corrected chi connectivity index (χ3v) is 3.50. The molecule has 1 aromatic heterocycles. The fourth-order valence-electron chi connectivity index (χ4n) is 2.17. The lowest BCUT2D eigenvalue weighted by Gasteiger charge is -2.26. The number of ketones is 1. The van der Waals surface area contributed by atoms with E-state index in [1.54, 1.807) is 37.3 Å². The minimum absolute atomic E-state index is 0.102. The molecule has 1 aromatic rings. The zero-order chi connectivity index (χ0) is 16.1. The Balaban J connectivity index is 2.00. The number of Topliss-reactive ketones (excluding diaryl/α,β-unsaturated/α-hetero) is 1. The minimum Gasteiger partial charge on any atom is -0.338 e. The molecule has 0 aliphatic carbocycles. The molecule has 1 aliphatic heterocycles. The monoisotopic (exact) mass is 304 g/mol. The molecule has 3 amide bonds. The Labute approximate surface area is 129 Å². The number of aromatic nitrogens is 1. The zero-order valence-electron chi connectivity index (χ0n) is 12.8. The molecule has 0 radical (unpaired) electrons. The van der Waals surface area contributed by atoms with Crippen LogP contribution >= 0.6 is 0 Å². The topological polar surface area (TPSA) is 82.6 Å². The molecule has 1 saturated heterocycles. The summed E-state index contributed by atoms with van der Waals surface area (Å²) in [7, 11) is 3.31. The molecule has 118 valence electrons. The molecule has 1 aliphatic rings. The molecule has 0 spiro atoms. The van der Waals surface area contributed by atoms with Crippen molar-refractivity contribution in [1.82, 2.24) is 20.1 Å². The molecule has 1 N–H and O–H groups in total. The molecule has 0 saturated carbocycles. The normalized spacial score (nSPS) is 14.6. The highest BCUT2D eigenvalue weighted by Crippen LogP contribution is 2.12. The minimum atomic E-state index is -0.215. The van der Waals surface area contributed by atoms with Crippen molar-refractivity contribution in [3.8, 4) is 0 Å². The zero-order valence-corrected chi connectivity index (χ0v) is 12.8. The number of hydrogen-bond acceptors (Lipinski definition) is 4. The van der Waals surface area contributed by atoms with E-state index in [-0.39, 0.29) is 24.3 Å². The van der Waals surface area contributed by atoms with Crippen LogP contribution in [0.2, 0.25) is 0 Å². The van der Waals surface area contributed by atoms with Crippen LogP contribution < -0.4 is 5.32 Å². The number of piperidine rings is 1. The maximum atomic E-state index is 12.4. The molecule has 22 heavy (non-hydrogen) atoms. The van der Waals surface area contributed by atoms with Gasteiger partial charge < -0.3 is 15.1 Å². The first kappa shape index (κ1) is 15.9. The first-order valence-corrected chi connectivity index (χ1v) is 7.18. The summed E-state index contributed by atoms with van der Waals surface area (Å²) < 4.78 is 0. The number of likely N-dealkylation sites (tertiary alicyclic amines) is 1. The van der Waals surface area contributed by atoms with Gasteiger partial charge in [0.1, 0.15) is 5.78 Å². The highest BCUT2D eigenvalue weighted by molar-refractivity contribution is 5.95. The fourth-order valence-corrected chi connectivity index (χ4v) is 2.17. The predicted molar refractivity (Wildman–Crippen MR) is 80.3 cm³/mol. The summed E-state index contributed by atoms with van der Waals surface area (Å²) in [6.07, 6.45) is 2.39. The SMILES string of the molecule is CN(C)C(=O)NCc1cc(C(=O)N2CCC(=O)CC2)ccn1. The van der Waals surface area contributed by atoms with Crippen LogP contribution in [0.3, 0.4) is 0 Å². The highest BCUT2D eigenvalue weighted by atomic mass is 16.2. The van der Waals surface area contributed by atoms with Gasteiger partial charge in [-0.05, 0) is 12.1 Å². The van der Waals surface area contributed by atoms with E-state index in [9.17, 15) is 14.4 Å². The second-order valence-electron chi connectivity index (χ2n) is 5.42. The molecule has 2 heterocycles. The number of rotatable bonds is 3. The van der Waals surface area contributed by atoms with Gasteiger partial charge in [0, 0.05) is 51.8 Å². The molecule has 0 bridgehead atoms. The first-order valence-electron chi connectivity index (χ1n) is 7.18. The van der Waals surface area contributed by atoms with Crippen LogP contribution in [0.15, 0.2) is 18.3 Å². The van der Waals surface area contributed by atoms with Gasteiger partial charge in [0.2, 0.25) is 0 Å². The summed E-state index contributed by atoms with van der Waals surface area (Å²) in [5, 5.41) is 2.70. The lowest BCUT2D eigenvalue weighted by molar-refractivity contribution is -0.120. The van der Waals surface area contributed by atoms with E-state index in [4.69, 9.17) is 0 Å². The Bertz CT molecular complexity index is 576. The number of nitrogens with zero attached hydrogens (tertiary/aromatic N) is 3.